The van der Waals surface area contributed by atoms with Crippen molar-refractivity contribution in [2.45, 2.75) is 0 Å². The second-order valence-corrected chi connectivity index (χ2v) is 0.979. The lowest BCUT2D eigenvalue weighted by atomic mass is 10.7. The Kier molecular flexibility index (Phi) is 2.76. The highest BCUT2D eigenvalue weighted by atomic mass is 16.4. The van der Waals surface area contributed by atoms with Crippen LogP contribution in [0.15, 0.2) is 12.8 Å². The summed E-state index contributed by atoms with van der Waals surface area (Å²) in [5.41, 5.74) is 0. The summed E-state index contributed by atoms with van der Waals surface area (Å²) in [7, 11) is 0. The van der Waals surface area contributed by atoms with Gasteiger partial charge in [-0.2, -0.15) is 0 Å². The third kappa shape index (κ3) is 5.01. The molecule has 2 N–H and O–H groups in total. The highest BCUT2D eigenvalue weighted by Crippen LogP contribution is 1.56. The quantitative estimate of drug-likeness (QED) is 0.517. The normalized spacial score (nSPS) is 7.43. The first-order chi connectivity index (χ1) is 3.27. The van der Waals surface area contributed by atoms with E-state index < -0.39 is 5.97 Å². The Bertz CT molecular complexity index is 79.8. The molecule has 0 radical (unpaired) electrons. The monoisotopic (exact) mass is 101 g/mol. The van der Waals surface area contributed by atoms with Gasteiger partial charge in [0.1, 0.15) is 6.54 Å². The van der Waals surface area contributed by atoms with Crippen molar-refractivity contribution in [3.8, 4) is 0 Å². The summed E-state index contributed by atoms with van der Waals surface area (Å²) >= 11 is 0. The Morgan fingerprint density at radius 1 is 2.00 bits per heavy atom. The van der Waals surface area contributed by atoms with Crippen molar-refractivity contribution in [3.63, 3.8) is 0 Å². The molecule has 0 aromatic carbocycles. The smallest absolute Gasteiger partial charge is 0.322 e. The highest BCUT2D eigenvalue weighted by molar-refractivity contribution is 5.69. The molecule has 40 valence electrons. The fraction of sp³-hybridized carbons (Fsp3) is 0.250. The van der Waals surface area contributed by atoms with E-state index in [1.165, 1.54) is 6.20 Å². The molecule has 0 aliphatic carbocycles. The topological polar surface area (TPSA) is 49.3 Å². The molecule has 0 unspecified atom stereocenters. The molecule has 0 atom stereocenters. The zero-order valence-corrected chi connectivity index (χ0v) is 3.85. The van der Waals surface area contributed by atoms with E-state index in [0.717, 1.165) is 0 Å². The van der Waals surface area contributed by atoms with E-state index in [-0.39, 0.29) is 6.54 Å². The molecule has 0 amide bonds. The van der Waals surface area contributed by atoms with Crippen molar-refractivity contribution >= 4 is 5.97 Å². The van der Waals surface area contributed by atoms with Crippen LogP contribution in [0, 0.1) is 0 Å². The lowest BCUT2D eigenvalue weighted by molar-refractivity contribution is -0.135. The van der Waals surface area contributed by atoms with Crippen molar-refractivity contribution in [2.75, 3.05) is 6.54 Å². The number of hydrogen-bond donors (Lipinski definition) is 2. The number of nitrogens with one attached hydrogen (secondary N) is 1. The van der Waals surface area contributed by atoms with E-state index in [1.807, 2.05) is 0 Å². The fourth-order valence-corrected chi connectivity index (χ4v) is 0.159. The maximum Gasteiger partial charge on any atom is 0.322 e. The summed E-state index contributed by atoms with van der Waals surface area (Å²) in [6.07, 6.45) is 1.34. The second-order valence-electron chi connectivity index (χ2n) is 0.979. The van der Waals surface area contributed by atoms with Crippen LogP contribution in [0.3, 0.4) is 0 Å². The summed E-state index contributed by atoms with van der Waals surface area (Å²) in [6.45, 7) is 3.21. The molecule has 3 nitrogen and oxygen atoms in total. The molecule has 0 bridgehead atoms. The summed E-state index contributed by atoms with van der Waals surface area (Å²) in [6, 6.07) is 0. The van der Waals surface area contributed by atoms with Crippen LogP contribution in [0.2, 0.25) is 0 Å². The predicted molar refractivity (Wildman–Crippen MR) is 25.8 cm³/mol. The number of hydrogen-bond acceptors (Lipinski definition) is 2. The molecular weight excluding hydrogens is 94.0 g/mol. The van der Waals surface area contributed by atoms with Crippen molar-refractivity contribution in [3.05, 3.63) is 12.8 Å². The molecule has 0 spiro atoms. The number of carbonyl (C=O) groups is 1. The van der Waals surface area contributed by atoms with Crippen LogP contribution >= 0.6 is 0 Å². The van der Waals surface area contributed by atoms with Crippen molar-refractivity contribution in [1.82, 2.24) is 5.32 Å². The molecule has 3 heteroatoms. The largest absolute Gasteiger partial charge is 0.480 e. The average molecular weight is 101 g/mol. The molecule has 0 saturated heterocycles. The first-order valence-corrected chi connectivity index (χ1v) is 1.83. The van der Waals surface area contributed by atoms with Crippen LogP contribution in [0.25, 0.3) is 0 Å². The fourth-order valence-electron chi connectivity index (χ4n) is 0.159. The van der Waals surface area contributed by atoms with E-state index in [0.29, 0.717) is 0 Å². The van der Waals surface area contributed by atoms with Crippen molar-refractivity contribution in [2.24, 2.45) is 0 Å². The van der Waals surface area contributed by atoms with Gasteiger partial charge in [-0.25, -0.2) is 0 Å². The van der Waals surface area contributed by atoms with Gasteiger partial charge in [-0.05, 0) is 6.20 Å². The van der Waals surface area contributed by atoms with Crippen molar-refractivity contribution < 1.29 is 9.90 Å². The Hall–Kier alpha value is -0.990. The lowest BCUT2D eigenvalue weighted by Crippen LogP contribution is -2.15. The number of carboxylic acid groups (broad SMARTS) is 1. The molecule has 0 aliphatic rings. The van der Waals surface area contributed by atoms with Crippen LogP contribution in [-0.2, 0) is 4.79 Å². The summed E-state index contributed by atoms with van der Waals surface area (Å²) in [5, 5.41) is 10.3. The van der Waals surface area contributed by atoms with Gasteiger partial charge in [0, 0.05) is 0 Å². The van der Waals surface area contributed by atoms with E-state index in [1.54, 1.807) is 0 Å². The van der Waals surface area contributed by atoms with Crippen LogP contribution < -0.4 is 5.32 Å². The predicted octanol–water partition coefficient (Wildman–Crippen LogP) is -0.196. The molecule has 7 heavy (non-hydrogen) atoms. The molecule has 0 heterocycles. The average Bonchev–Trinajstić information content (AvgIpc) is 1.61. The van der Waals surface area contributed by atoms with Gasteiger partial charge in [-0.15, -0.1) is 0 Å². The molecule has 0 aromatic rings. The van der Waals surface area contributed by atoms with E-state index in [4.69, 9.17) is 5.11 Å². The maximum atomic E-state index is 9.65. The number of carboxylic acids is 1. The minimum atomic E-state index is -0.875. The van der Waals surface area contributed by atoms with Gasteiger partial charge < -0.3 is 10.4 Å². The zero-order valence-electron chi connectivity index (χ0n) is 3.85. The van der Waals surface area contributed by atoms with Gasteiger partial charge in [0.05, 0.1) is 0 Å². The highest BCUT2D eigenvalue weighted by Gasteiger charge is 1.87. The third-order valence-electron chi connectivity index (χ3n) is 0.398. The SMILES string of the molecule is C=CNCC(=O)O. The zero-order chi connectivity index (χ0) is 5.70. The van der Waals surface area contributed by atoms with Crippen LogP contribution in [0.1, 0.15) is 0 Å². The van der Waals surface area contributed by atoms with E-state index >= 15 is 0 Å². The van der Waals surface area contributed by atoms with Gasteiger partial charge in [0.25, 0.3) is 0 Å². The van der Waals surface area contributed by atoms with Crippen LogP contribution in [0.4, 0.5) is 0 Å². The summed E-state index contributed by atoms with van der Waals surface area (Å²) in [5.74, 6) is -0.875. The molecule has 0 fully saturated rings. The Balaban J connectivity index is 2.97. The molecule has 0 rings (SSSR count). The Morgan fingerprint density at radius 3 is 2.71 bits per heavy atom. The first kappa shape index (κ1) is 6.01. The standard InChI is InChI=1S/C4H7NO2/c1-2-5-3-4(6)7/h2,5H,1,3H2,(H,6,7). The summed E-state index contributed by atoms with van der Waals surface area (Å²) in [4.78, 5) is 9.65. The molecule has 0 aromatic heterocycles. The first-order valence-electron chi connectivity index (χ1n) is 1.83. The van der Waals surface area contributed by atoms with Gasteiger partial charge in [-0.1, -0.05) is 6.58 Å². The van der Waals surface area contributed by atoms with E-state index in [9.17, 15) is 4.79 Å². The number of aliphatic carboxylic acids is 1. The maximum absolute atomic E-state index is 9.65. The molecule has 0 saturated carbocycles. The van der Waals surface area contributed by atoms with E-state index in [2.05, 4.69) is 11.9 Å². The minimum Gasteiger partial charge on any atom is -0.480 e. The Labute approximate surface area is 41.7 Å². The van der Waals surface area contributed by atoms with Crippen LogP contribution in [0.5, 0.6) is 0 Å². The summed E-state index contributed by atoms with van der Waals surface area (Å²) < 4.78 is 0. The third-order valence-corrected chi connectivity index (χ3v) is 0.398. The van der Waals surface area contributed by atoms with Crippen molar-refractivity contribution in [1.29, 1.82) is 0 Å². The number of rotatable bonds is 3. The van der Waals surface area contributed by atoms with Gasteiger partial charge in [0.2, 0.25) is 0 Å². The minimum absolute atomic E-state index is 0.0521. The molecule has 0 aliphatic heterocycles. The van der Waals surface area contributed by atoms with Gasteiger partial charge in [0.15, 0.2) is 0 Å². The lowest BCUT2D eigenvalue weighted by Gasteiger charge is -1.88. The molecular formula is C4H7NO2. The van der Waals surface area contributed by atoms with Crippen LogP contribution in [-0.4, -0.2) is 17.6 Å². The van der Waals surface area contributed by atoms with Gasteiger partial charge >= 0.3 is 5.97 Å². The second kappa shape index (κ2) is 3.21. The van der Waals surface area contributed by atoms with Gasteiger partial charge in [-0.3, -0.25) is 4.79 Å². The Morgan fingerprint density at radius 2 is 2.57 bits per heavy atom.